The second kappa shape index (κ2) is 6.99. The third-order valence-corrected chi connectivity index (χ3v) is 5.64. The number of H-pyrrole nitrogens is 2. The Morgan fingerprint density at radius 1 is 0.848 bits per heavy atom. The Morgan fingerprint density at radius 2 is 1.64 bits per heavy atom. The van der Waals surface area contributed by atoms with Gasteiger partial charge in [0, 0.05) is 5.56 Å². The van der Waals surface area contributed by atoms with Gasteiger partial charge in [-0.1, -0.05) is 11.3 Å². The van der Waals surface area contributed by atoms with E-state index in [1.165, 1.54) is 6.07 Å². The maximum atomic E-state index is 15.1. The predicted molar refractivity (Wildman–Crippen MR) is 123 cm³/mol. The van der Waals surface area contributed by atoms with Crippen LogP contribution in [0.2, 0.25) is 0 Å². The molecule has 3 aromatic heterocycles. The van der Waals surface area contributed by atoms with Gasteiger partial charge < -0.3 is 9.97 Å². The average Bonchev–Trinajstić information content (AvgIpc) is 3.49. The summed E-state index contributed by atoms with van der Waals surface area (Å²) in [6.07, 6.45) is 1.70. The van der Waals surface area contributed by atoms with E-state index in [1.807, 2.05) is 38.1 Å². The normalized spacial score (nSPS) is 11.6. The molecule has 3 aromatic carbocycles. The first-order valence-corrected chi connectivity index (χ1v) is 10.4. The largest absolute Gasteiger partial charge is 0.323 e. The molecular formula is C24H18FN7O. The third kappa shape index (κ3) is 3.13. The number of halogens is 1. The minimum atomic E-state index is -0.474. The van der Waals surface area contributed by atoms with Crippen LogP contribution in [-0.2, 0) is 0 Å². The molecule has 6 rings (SSSR count). The first kappa shape index (κ1) is 19.2. The third-order valence-electron chi connectivity index (χ3n) is 5.64. The highest BCUT2D eigenvalue weighted by Gasteiger charge is 2.17. The molecule has 162 valence electrons. The summed E-state index contributed by atoms with van der Waals surface area (Å²) in [5.41, 5.74) is 6.88. The summed E-state index contributed by atoms with van der Waals surface area (Å²) in [7, 11) is 0. The number of nitrogens with one attached hydrogen (secondary N) is 2. The van der Waals surface area contributed by atoms with Gasteiger partial charge in [-0.2, -0.15) is 5.10 Å². The summed E-state index contributed by atoms with van der Waals surface area (Å²) in [5.74, 6) is -0.474. The molecule has 0 atom stereocenters. The minimum Gasteiger partial charge on any atom is -0.306 e. The maximum absolute atomic E-state index is 15.1. The highest BCUT2D eigenvalue weighted by Crippen LogP contribution is 2.29. The van der Waals surface area contributed by atoms with E-state index >= 15 is 4.39 Å². The van der Waals surface area contributed by atoms with Crippen LogP contribution in [0.25, 0.3) is 44.7 Å². The topological polar surface area (TPSA) is 97.2 Å². The van der Waals surface area contributed by atoms with E-state index in [0.29, 0.717) is 27.8 Å². The Morgan fingerprint density at radius 3 is 2.45 bits per heavy atom. The molecule has 0 bridgehead atoms. The first-order valence-electron chi connectivity index (χ1n) is 10.4. The van der Waals surface area contributed by atoms with Gasteiger partial charge in [0.05, 0.1) is 39.8 Å². The van der Waals surface area contributed by atoms with Crippen molar-refractivity contribution in [2.75, 3.05) is 0 Å². The molecule has 0 amide bonds. The molecule has 9 heteroatoms. The molecule has 2 N–H and O–H groups in total. The number of aryl methyl sites for hydroxylation is 2. The first-order chi connectivity index (χ1) is 16.0. The molecule has 0 saturated carbocycles. The van der Waals surface area contributed by atoms with Crippen molar-refractivity contribution < 1.29 is 4.39 Å². The number of aromatic amines is 2. The predicted octanol–water partition coefficient (Wildman–Crippen LogP) is 4.20. The van der Waals surface area contributed by atoms with E-state index in [1.54, 1.807) is 33.8 Å². The molecule has 33 heavy (non-hydrogen) atoms. The fourth-order valence-electron chi connectivity index (χ4n) is 4.27. The van der Waals surface area contributed by atoms with Gasteiger partial charge in [-0.15, -0.1) is 5.10 Å². The Labute approximate surface area is 186 Å². The fourth-order valence-corrected chi connectivity index (χ4v) is 4.27. The van der Waals surface area contributed by atoms with E-state index in [2.05, 4.69) is 31.4 Å². The van der Waals surface area contributed by atoms with Crippen molar-refractivity contribution in [1.82, 2.24) is 34.7 Å². The number of hydrogen-bond donors (Lipinski definition) is 2. The zero-order chi connectivity index (χ0) is 22.7. The van der Waals surface area contributed by atoms with Crippen LogP contribution >= 0.6 is 0 Å². The second-order valence-electron chi connectivity index (χ2n) is 8.11. The number of benzene rings is 3. The van der Waals surface area contributed by atoms with Gasteiger partial charge in [-0.25, -0.2) is 18.5 Å². The Bertz CT molecular complexity index is 1720. The minimum absolute atomic E-state index is 0.166. The van der Waals surface area contributed by atoms with Crippen molar-refractivity contribution in [2.24, 2.45) is 0 Å². The van der Waals surface area contributed by atoms with E-state index < -0.39 is 5.82 Å². The standard InChI is InChI=1S/C24H18FN7O/c1-13-7-14(2)9-17(8-13)31-21(5-6-26-31)15-10-18(25)23-22(11-15)32(30-29-23)16-3-4-19-20(12-16)28-24(33)27-19/h3-12H,1-2H3,(H2,27,28,33). The number of nitrogens with zero attached hydrogens (tertiary/aromatic N) is 5. The highest BCUT2D eigenvalue weighted by molar-refractivity contribution is 5.84. The molecule has 0 aliphatic rings. The van der Waals surface area contributed by atoms with Gasteiger partial charge in [0.2, 0.25) is 0 Å². The summed E-state index contributed by atoms with van der Waals surface area (Å²) in [5, 5.41) is 12.7. The van der Waals surface area contributed by atoms with Crippen LogP contribution in [-0.4, -0.2) is 34.7 Å². The molecule has 0 spiro atoms. The molecule has 0 aliphatic carbocycles. The molecule has 3 heterocycles. The van der Waals surface area contributed by atoms with E-state index in [0.717, 1.165) is 22.5 Å². The lowest BCUT2D eigenvalue weighted by molar-refractivity contribution is 0.636. The lowest BCUT2D eigenvalue weighted by atomic mass is 10.1. The summed E-state index contributed by atoms with van der Waals surface area (Å²) >= 11 is 0. The molecule has 6 aromatic rings. The number of fused-ring (bicyclic) bond motifs is 2. The Kier molecular flexibility index (Phi) is 4.06. The average molecular weight is 439 g/mol. The Balaban J connectivity index is 1.53. The maximum Gasteiger partial charge on any atom is 0.323 e. The van der Waals surface area contributed by atoms with Gasteiger partial charge in [-0.05, 0) is 73.5 Å². The van der Waals surface area contributed by atoms with Crippen LogP contribution in [0.15, 0.2) is 65.6 Å². The quantitative estimate of drug-likeness (QED) is 0.432. The van der Waals surface area contributed by atoms with Crippen LogP contribution in [0, 0.1) is 19.7 Å². The molecule has 0 radical (unpaired) electrons. The van der Waals surface area contributed by atoms with Crippen LogP contribution in [0.5, 0.6) is 0 Å². The highest BCUT2D eigenvalue weighted by atomic mass is 19.1. The van der Waals surface area contributed by atoms with Gasteiger partial charge in [0.25, 0.3) is 0 Å². The van der Waals surface area contributed by atoms with Crippen LogP contribution in [0.4, 0.5) is 4.39 Å². The number of hydrogen-bond acceptors (Lipinski definition) is 4. The van der Waals surface area contributed by atoms with E-state index in [-0.39, 0.29) is 11.2 Å². The SMILES string of the molecule is Cc1cc(C)cc(-n2nccc2-c2cc(F)c3nnn(-c4ccc5[nH]c(=O)[nH]c5c4)c3c2)c1. The van der Waals surface area contributed by atoms with Crippen molar-refractivity contribution in [2.45, 2.75) is 13.8 Å². The van der Waals surface area contributed by atoms with Crippen molar-refractivity contribution in [1.29, 1.82) is 0 Å². The zero-order valence-electron chi connectivity index (χ0n) is 17.8. The molecule has 8 nitrogen and oxygen atoms in total. The number of aromatic nitrogens is 7. The second-order valence-corrected chi connectivity index (χ2v) is 8.11. The summed E-state index contributed by atoms with van der Waals surface area (Å²) < 4.78 is 18.4. The van der Waals surface area contributed by atoms with Gasteiger partial charge >= 0.3 is 5.69 Å². The lowest BCUT2D eigenvalue weighted by Gasteiger charge is -2.11. The zero-order valence-corrected chi connectivity index (χ0v) is 17.8. The number of imidazole rings is 1. The molecular weight excluding hydrogens is 421 g/mol. The van der Waals surface area contributed by atoms with Crippen LogP contribution in [0.1, 0.15) is 11.1 Å². The van der Waals surface area contributed by atoms with Crippen molar-refractivity contribution in [3.05, 3.63) is 88.2 Å². The molecule has 0 fully saturated rings. The smallest absolute Gasteiger partial charge is 0.306 e. The Hall–Kier alpha value is -4.53. The summed E-state index contributed by atoms with van der Waals surface area (Å²) in [4.78, 5) is 17.0. The number of rotatable bonds is 3. The molecule has 0 aliphatic heterocycles. The monoisotopic (exact) mass is 439 g/mol. The van der Waals surface area contributed by atoms with Gasteiger partial charge in [0.1, 0.15) is 5.52 Å². The van der Waals surface area contributed by atoms with E-state index in [4.69, 9.17) is 0 Å². The van der Waals surface area contributed by atoms with Gasteiger partial charge in [0.15, 0.2) is 5.82 Å². The van der Waals surface area contributed by atoms with Crippen molar-refractivity contribution >= 4 is 22.1 Å². The molecule has 0 unspecified atom stereocenters. The van der Waals surface area contributed by atoms with Crippen molar-refractivity contribution in [3.63, 3.8) is 0 Å². The van der Waals surface area contributed by atoms with Crippen molar-refractivity contribution in [3.8, 4) is 22.6 Å². The fraction of sp³-hybridized carbons (Fsp3) is 0.0833. The molecule has 0 saturated heterocycles. The van der Waals surface area contributed by atoms with Crippen LogP contribution in [0.3, 0.4) is 0 Å². The summed E-state index contributed by atoms with van der Waals surface area (Å²) in [6.45, 7) is 4.06. The lowest BCUT2D eigenvalue weighted by Crippen LogP contribution is -2.01. The van der Waals surface area contributed by atoms with E-state index in [9.17, 15) is 4.79 Å². The summed E-state index contributed by atoms with van der Waals surface area (Å²) in [6, 6.07) is 16.7. The van der Waals surface area contributed by atoms with Crippen LogP contribution < -0.4 is 5.69 Å². The van der Waals surface area contributed by atoms with Gasteiger partial charge in [-0.3, -0.25) is 0 Å².